The van der Waals surface area contributed by atoms with E-state index in [9.17, 15) is 0 Å². The molecule has 0 fully saturated rings. The van der Waals surface area contributed by atoms with Gasteiger partial charge in [-0.25, -0.2) is 0 Å². The lowest BCUT2D eigenvalue weighted by atomic mass is 9.74. The van der Waals surface area contributed by atoms with Gasteiger partial charge in [0.15, 0.2) is 0 Å². The second-order valence-corrected chi connectivity index (χ2v) is 26.5. The Bertz CT molecular complexity index is 5120. The second-order valence-electron chi connectivity index (χ2n) is 26.5. The third-order valence-corrected chi connectivity index (χ3v) is 20.9. The van der Waals surface area contributed by atoms with E-state index in [1.54, 1.807) is 0 Å². The zero-order chi connectivity index (χ0) is 57.5. The van der Waals surface area contributed by atoms with E-state index in [1.807, 2.05) is 0 Å². The standard InChI is InChI=1S/C83H63NO2/c1-81(2)66-39-40-75-78(59-28-16-19-31-73(59)85-75)77(66)65-47-69-64(46-70(65)81)57-37-34-52(43-67(57)82(69,3)4)84(72-30-18-15-27-55(72)48-21-9-7-10-22-48)53-35-38-58-68(44-53)83(5,6)71-45-62(80-79(76(58)71)60-29-17-20-32-74(60)86-80)51-33-36-56-54-26-14-13-25-50(54)41-61(63(56)42-51)49-23-11-8-12-24-49/h7-15,17-27,29-40,42-47,61H,16,28,41H2,1-6H3. The van der Waals surface area contributed by atoms with Gasteiger partial charge in [0, 0.05) is 66.4 Å². The summed E-state index contributed by atoms with van der Waals surface area (Å²) in [6, 6.07) is 82.6. The van der Waals surface area contributed by atoms with Crippen LogP contribution in [-0.2, 0) is 29.1 Å². The molecule has 0 spiro atoms. The van der Waals surface area contributed by atoms with Crippen molar-refractivity contribution in [2.45, 2.75) is 83.0 Å². The predicted octanol–water partition coefficient (Wildman–Crippen LogP) is 22.4. The lowest BCUT2D eigenvalue weighted by Crippen LogP contribution is -2.18. The Morgan fingerprint density at radius 1 is 0.419 bits per heavy atom. The molecule has 0 saturated heterocycles. The first-order valence-electron chi connectivity index (χ1n) is 30.9. The average Bonchev–Trinajstić information content (AvgIpc) is 1.56. The summed E-state index contributed by atoms with van der Waals surface area (Å²) in [7, 11) is 0. The number of nitrogens with zero attached hydrogens (tertiary/aromatic N) is 1. The maximum absolute atomic E-state index is 7.14. The van der Waals surface area contributed by atoms with E-state index < -0.39 is 0 Å². The summed E-state index contributed by atoms with van der Waals surface area (Å²) in [5.74, 6) is 1.25. The monoisotopic (exact) mass is 1110 g/mol. The molecule has 412 valence electrons. The fourth-order valence-corrected chi connectivity index (χ4v) is 16.6. The van der Waals surface area contributed by atoms with E-state index in [-0.39, 0.29) is 22.2 Å². The van der Waals surface area contributed by atoms with Gasteiger partial charge in [-0.2, -0.15) is 0 Å². The molecule has 0 amide bonds. The summed E-state index contributed by atoms with van der Waals surface area (Å²) in [5.41, 5.74) is 34.2. The summed E-state index contributed by atoms with van der Waals surface area (Å²) in [5, 5.41) is 3.64. The molecule has 1 unspecified atom stereocenters. The van der Waals surface area contributed by atoms with Crippen LogP contribution in [0.2, 0.25) is 0 Å². The lowest BCUT2D eigenvalue weighted by molar-refractivity contribution is 0.595. The Kier molecular flexibility index (Phi) is 10.2. The zero-order valence-corrected chi connectivity index (χ0v) is 49.4. The summed E-state index contributed by atoms with van der Waals surface area (Å²) in [6.07, 6.45) is 7.43. The average molecular weight is 1110 g/mol. The number of hydrogen-bond acceptors (Lipinski definition) is 3. The molecule has 0 radical (unpaired) electrons. The number of fused-ring (bicyclic) bond motifs is 20. The van der Waals surface area contributed by atoms with Gasteiger partial charge in [-0.1, -0.05) is 199 Å². The summed E-state index contributed by atoms with van der Waals surface area (Å²) >= 11 is 0. The highest BCUT2D eigenvalue weighted by Crippen LogP contribution is 2.61. The van der Waals surface area contributed by atoms with Crippen molar-refractivity contribution < 1.29 is 8.83 Å². The molecule has 2 heterocycles. The van der Waals surface area contributed by atoms with Crippen molar-refractivity contribution in [1.29, 1.82) is 0 Å². The molecule has 0 bridgehead atoms. The van der Waals surface area contributed by atoms with Crippen LogP contribution in [-0.4, -0.2) is 0 Å². The number of allylic oxidation sites excluding steroid dienone is 1. The Morgan fingerprint density at radius 3 is 1.87 bits per heavy atom. The van der Waals surface area contributed by atoms with E-state index in [0.717, 1.165) is 69.8 Å². The van der Waals surface area contributed by atoms with Crippen LogP contribution >= 0.6 is 0 Å². The Labute approximate surface area is 502 Å². The number of furan rings is 2. The topological polar surface area (TPSA) is 29.5 Å². The third kappa shape index (κ3) is 6.80. The zero-order valence-electron chi connectivity index (χ0n) is 49.4. The van der Waals surface area contributed by atoms with Crippen LogP contribution in [0, 0.1) is 0 Å². The molecule has 1 atom stereocenters. The SMILES string of the molecule is CC1(C)c2cc(N(c3ccc4c(c3)C(C)(C)c3cc(-c5ccc6c(c5)C(c5ccccc5)Cc5ccccc5-6)c5oc6ccccc6c5c3-4)c3ccccc3-c3ccccc3)ccc2-c2cc3c(cc21)-c1c(ccc2oc4c(c12)CCC=C4)C3(C)C. The molecule has 5 aliphatic carbocycles. The molecule has 0 saturated carbocycles. The molecule has 0 aliphatic heterocycles. The van der Waals surface area contributed by atoms with Gasteiger partial charge in [0.25, 0.3) is 0 Å². The first kappa shape index (κ1) is 49.7. The van der Waals surface area contributed by atoms with Gasteiger partial charge in [-0.3, -0.25) is 0 Å². The smallest absolute Gasteiger partial charge is 0.143 e. The van der Waals surface area contributed by atoms with Crippen LogP contribution in [0.4, 0.5) is 17.1 Å². The van der Waals surface area contributed by atoms with E-state index >= 15 is 0 Å². The molecule has 11 aromatic carbocycles. The minimum atomic E-state index is -0.376. The van der Waals surface area contributed by atoms with Gasteiger partial charge in [0.05, 0.1) is 5.69 Å². The minimum absolute atomic E-state index is 0.173. The normalized spacial score (nSPS) is 16.5. The molecule has 18 rings (SSSR count). The number of para-hydroxylation sites is 2. The van der Waals surface area contributed by atoms with Crippen LogP contribution in [0.15, 0.2) is 233 Å². The van der Waals surface area contributed by atoms with Crippen LogP contribution in [0.1, 0.15) is 115 Å². The van der Waals surface area contributed by atoms with E-state index in [4.69, 9.17) is 8.83 Å². The van der Waals surface area contributed by atoms with Crippen molar-refractivity contribution in [1.82, 2.24) is 0 Å². The summed E-state index contributed by atoms with van der Waals surface area (Å²) < 4.78 is 13.7. The van der Waals surface area contributed by atoms with Crippen LogP contribution < -0.4 is 4.90 Å². The number of anilines is 3. The van der Waals surface area contributed by atoms with Gasteiger partial charge in [-0.15, -0.1) is 0 Å². The fourth-order valence-electron chi connectivity index (χ4n) is 16.6. The van der Waals surface area contributed by atoms with Crippen LogP contribution in [0.3, 0.4) is 0 Å². The molecule has 2 aromatic heterocycles. The molecule has 5 aliphatic rings. The Morgan fingerprint density at radius 2 is 1.05 bits per heavy atom. The quantitative estimate of drug-likeness (QED) is 0.166. The van der Waals surface area contributed by atoms with Gasteiger partial charge in [-0.05, 0) is 198 Å². The molecular weight excluding hydrogens is 1040 g/mol. The number of rotatable bonds is 6. The molecule has 86 heavy (non-hydrogen) atoms. The van der Waals surface area contributed by atoms with Gasteiger partial charge < -0.3 is 13.7 Å². The first-order chi connectivity index (χ1) is 41.9. The van der Waals surface area contributed by atoms with Crippen molar-refractivity contribution in [3.05, 3.63) is 286 Å². The Hall–Kier alpha value is -9.70. The number of hydrogen-bond donors (Lipinski definition) is 0. The summed E-state index contributed by atoms with van der Waals surface area (Å²) in [6.45, 7) is 14.6. The molecular formula is C83H63NO2. The first-order valence-corrected chi connectivity index (χ1v) is 30.9. The molecule has 13 aromatic rings. The van der Waals surface area contributed by atoms with Crippen LogP contribution in [0.25, 0.3) is 106 Å². The van der Waals surface area contributed by atoms with Crippen molar-refractivity contribution in [2.75, 3.05) is 4.90 Å². The van der Waals surface area contributed by atoms with Crippen molar-refractivity contribution in [2.24, 2.45) is 0 Å². The van der Waals surface area contributed by atoms with E-state index in [0.29, 0.717) is 0 Å². The minimum Gasteiger partial charge on any atom is -0.456 e. The van der Waals surface area contributed by atoms with Crippen LogP contribution in [0.5, 0.6) is 0 Å². The highest BCUT2D eigenvalue weighted by atomic mass is 16.3. The number of aryl methyl sites for hydroxylation is 1. The van der Waals surface area contributed by atoms with E-state index in [1.165, 1.54) is 128 Å². The second kappa shape index (κ2) is 17.7. The third-order valence-electron chi connectivity index (χ3n) is 20.9. The van der Waals surface area contributed by atoms with Gasteiger partial charge in [0.1, 0.15) is 22.5 Å². The van der Waals surface area contributed by atoms with Gasteiger partial charge >= 0.3 is 0 Å². The maximum atomic E-state index is 7.14. The number of benzene rings is 11. The maximum Gasteiger partial charge on any atom is 0.143 e. The van der Waals surface area contributed by atoms with Gasteiger partial charge in [0.2, 0.25) is 0 Å². The molecule has 3 nitrogen and oxygen atoms in total. The van der Waals surface area contributed by atoms with Crippen molar-refractivity contribution in [3.63, 3.8) is 0 Å². The van der Waals surface area contributed by atoms with Crippen molar-refractivity contribution in [3.8, 4) is 66.8 Å². The largest absolute Gasteiger partial charge is 0.456 e. The highest BCUT2D eigenvalue weighted by Gasteiger charge is 2.45. The molecule has 3 heteroatoms. The summed E-state index contributed by atoms with van der Waals surface area (Å²) in [4.78, 5) is 2.54. The lowest BCUT2D eigenvalue weighted by Gasteiger charge is -2.31. The van der Waals surface area contributed by atoms with Crippen molar-refractivity contribution >= 4 is 56.0 Å². The Balaban J connectivity index is 0.803. The fraction of sp³-hybridized carbons (Fsp3) is 0.157. The highest BCUT2D eigenvalue weighted by molar-refractivity contribution is 6.19. The predicted molar refractivity (Wildman–Crippen MR) is 357 cm³/mol. The van der Waals surface area contributed by atoms with E-state index in [2.05, 4.69) is 277 Å². The molecule has 0 N–H and O–H groups in total.